The van der Waals surface area contributed by atoms with E-state index in [0.29, 0.717) is 18.3 Å². The third-order valence-electron chi connectivity index (χ3n) is 3.71. The quantitative estimate of drug-likeness (QED) is 0.864. The lowest BCUT2D eigenvalue weighted by molar-refractivity contribution is -0.133. The molecule has 2 aromatic rings. The molecule has 0 radical (unpaired) electrons. The monoisotopic (exact) mass is 315 g/mol. The van der Waals surface area contributed by atoms with Gasteiger partial charge in [0.15, 0.2) is 0 Å². The van der Waals surface area contributed by atoms with Gasteiger partial charge in [0.1, 0.15) is 0 Å². The molecule has 124 valence electrons. The van der Waals surface area contributed by atoms with Crippen LogP contribution in [0.1, 0.15) is 46.1 Å². The van der Waals surface area contributed by atoms with E-state index in [1.807, 2.05) is 26.0 Å². The van der Waals surface area contributed by atoms with Crippen molar-refractivity contribution in [1.29, 1.82) is 0 Å². The lowest BCUT2D eigenvalue weighted by Gasteiger charge is -2.18. The number of carbonyl (C=O) groups is 1. The van der Waals surface area contributed by atoms with Gasteiger partial charge in [-0.1, -0.05) is 46.8 Å². The molecule has 0 aliphatic heterocycles. The number of hydrogen-bond donors (Lipinski definition) is 0. The van der Waals surface area contributed by atoms with E-state index in [0.717, 1.165) is 5.56 Å². The minimum absolute atomic E-state index is 0.0488. The topological polar surface area (TPSA) is 59.2 Å². The van der Waals surface area contributed by atoms with Crippen LogP contribution in [0.2, 0.25) is 0 Å². The molecule has 0 bridgehead atoms. The maximum Gasteiger partial charge on any atom is 0.247 e. The van der Waals surface area contributed by atoms with Crippen molar-refractivity contribution in [3.63, 3.8) is 0 Å². The van der Waals surface area contributed by atoms with Gasteiger partial charge in [0.25, 0.3) is 0 Å². The Balaban J connectivity index is 2.12. The molecule has 23 heavy (non-hydrogen) atoms. The van der Waals surface area contributed by atoms with Gasteiger partial charge in [0, 0.05) is 18.5 Å². The number of nitrogens with zero attached hydrogens (tertiary/aromatic N) is 3. The second kappa shape index (κ2) is 6.52. The van der Waals surface area contributed by atoms with E-state index < -0.39 is 0 Å². The van der Waals surface area contributed by atoms with Crippen molar-refractivity contribution >= 4 is 5.91 Å². The molecule has 0 aliphatic rings. The molecule has 0 spiro atoms. The van der Waals surface area contributed by atoms with Gasteiger partial charge in [-0.2, -0.15) is 0 Å². The molecule has 2 rings (SSSR count). The van der Waals surface area contributed by atoms with Crippen molar-refractivity contribution in [2.24, 2.45) is 5.92 Å². The highest BCUT2D eigenvalue weighted by Crippen LogP contribution is 2.25. The van der Waals surface area contributed by atoms with E-state index in [9.17, 15) is 4.79 Å². The van der Waals surface area contributed by atoms with Crippen molar-refractivity contribution < 1.29 is 9.21 Å². The van der Waals surface area contributed by atoms with Crippen LogP contribution in [-0.2, 0) is 16.8 Å². The molecule has 1 heterocycles. The normalized spacial score (nSPS) is 11.8. The third kappa shape index (κ3) is 4.18. The van der Waals surface area contributed by atoms with Crippen LogP contribution in [0.5, 0.6) is 0 Å². The van der Waals surface area contributed by atoms with E-state index >= 15 is 0 Å². The highest BCUT2D eigenvalue weighted by atomic mass is 16.4. The molecule has 1 amide bonds. The molecule has 1 aromatic heterocycles. The third-order valence-corrected chi connectivity index (χ3v) is 3.71. The van der Waals surface area contributed by atoms with Crippen LogP contribution in [0.25, 0.3) is 11.5 Å². The summed E-state index contributed by atoms with van der Waals surface area (Å²) in [5, 5.41) is 8.12. The predicted molar refractivity (Wildman–Crippen MR) is 89.7 cm³/mol. The van der Waals surface area contributed by atoms with Crippen LogP contribution in [0.4, 0.5) is 0 Å². The van der Waals surface area contributed by atoms with Crippen molar-refractivity contribution in [2.45, 2.75) is 46.6 Å². The SMILES string of the molecule is CC(C)C(=O)N(C)Cc1nnc(-c2ccc(C(C)(C)C)cc2)o1. The number of carbonyl (C=O) groups excluding carboxylic acids is 1. The Morgan fingerprint density at radius 1 is 1.17 bits per heavy atom. The maximum absolute atomic E-state index is 11.9. The Morgan fingerprint density at radius 2 is 1.78 bits per heavy atom. The Morgan fingerprint density at radius 3 is 2.30 bits per heavy atom. The van der Waals surface area contributed by atoms with E-state index in [2.05, 4.69) is 43.1 Å². The van der Waals surface area contributed by atoms with Gasteiger partial charge in [-0.25, -0.2) is 0 Å². The number of rotatable bonds is 4. The lowest BCUT2D eigenvalue weighted by atomic mass is 9.87. The Labute approximate surface area is 137 Å². The first kappa shape index (κ1) is 17.2. The molecular weight excluding hydrogens is 290 g/mol. The van der Waals surface area contributed by atoms with Gasteiger partial charge < -0.3 is 9.32 Å². The first-order valence-corrected chi connectivity index (χ1v) is 7.86. The Hall–Kier alpha value is -2.17. The van der Waals surface area contributed by atoms with E-state index in [1.54, 1.807) is 11.9 Å². The second-order valence-corrected chi connectivity index (χ2v) is 7.18. The lowest BCUT2D eigenvalue weighted by Crippen LogP contribution is -2.30. The van der Waals surface area contributed by atoms with Crippen LogP contribution >= 0.6 is 0 Å². The number of amides is 1. The Kier molecular flexibility index (Phi) is 4.88. The second-order valence-electron chi connectivity index (χ2n) is 7.18. The number of aromatic nitrogens is 2. The molecule has 0 aliphatic carbocycles. The minimum atomic E-state index is -0.0488. The smallest absolute Gasteiger partial charge is 0.247 e. The fourth-order valence-electron chi connectivity index (χ4n) is 2.27. The zero-order valence-corrected chi connectivity index (χ0v) is 14.8. The highest BCUT2D eigenvalue weighted by molar-refractivity contribution is 5.77. The molecule has 5 heteroatoms. The van der Waals surface area contributed by atoms with Crippen molar-refractivity contribution in [3.05, 3.63) is 35.7 Å². The molecule has 0 fully saturated rings. The first-order chi connectivity index (χ1) is 10.7. The fourth-order valence-corrected chi connectivity index (χ4v) is 2.27. The van der Waals surface area contributed by atoms with Crippen molar-refractivity contribution in [1.82, 2.24) is 15.1 Å². The van der Waals surface area contributed by atoms with Gasteiger partial charge in [-0.05, 0) is 23.1 Å². The van der Waals surface area contributed by atoms with Crippen molar-refractivity contribution in [2.75, 3.05) is 7.05 Å². The van der Waals surface area contributed by atoms with Crippen LogP contribution in [0, 0.1) is 5.92 Å². The molecular formula is C18H25N3O2. The molecule has 0 saturated carbocycles. The van der Waals surface area contributed by atoms with Gasteiger partial charge in [-0.3, -0.25) is 4.79 Å². The summed E-state index contributed by atoms with van der Waals surface area (Å²) in [5.74, 6) is 0.925. The molecule has 5 nitrogen and oxygen atoms in total. The van der Waals surface area contributed by atoms with Gasteiger partial charge >= 0.3 is 0 Å². The largest absolute Gasteiger partial charge is 0.419 e. The van der Waals surface area contributed by atoms with Gasteiger partial charge in [-0.15, -0.1) is 10.2 Å². The van der Waals surface area contributed by atoms with Gasteiger partial charge in [0.05, 0.1) is 6.54 Å². The van der Waals surface area contributed by atoms with Gasteiger partial charge in [0.2, 0.25) is 17.7 Å². The summed E-state index contributed by atoms with van der Waals surface area (Å²) in [5.41, 5.74) is 2.25. The predicted octanol–water partition coefficient (Wildman–Crippen LogP) is 3.65. The zero-order chi connectivity index (χ0) is 17.2. The summed E-state index contributed by atoms with van der Waals surface area (Å²) < 4.78 is 5.68. The highest BCUT2D eigenvalue weighted by Gasteiger charge is 2.17. The summed E-state index contributed by atoms with van der Waals surface area (Å²) in [4.78, 5) is 13.5. The first-order valence-electron chi connectivity index (χ1n) is 7.86. The standard InChI is InChI=1S/C18H25N3O2/c1-12(2)17(22)21(6)11-15-19-20-16(23-15)13-7-9-14(10-8-13)18(3,4)5/h7-10,12H,11H2,1-6H3. The molecule has 1 aromatic carbocycles. The molecule has 0 atom stereocenters. The van der Waals surface area contributed by atoms with Crippen LogP contribution in [0.3, 0.4) is 0 Å². The Bertz CT molecular complexity index is 666. The van der Waals surface area contributed by atoms with E-state index in [1.165, 1.54) is 5.56 Å². The average Bonchev–Trinajstić information content (AvgIpc) is 2.94. The van der Waals surface area contributed by atoms with Crippen molar-refractivity contribution in [3.8, 4) is 11.5 Å². The van der Waals surface area contributed by atoms with Crippen LogP contribution in [0.15, 0.2) is 28.7 Å². The van der Waals surface area contributed by atoms with Crippen LogP contribution in [-0.4, -0.2) is 28.1 Å². The summed E-state index contributed by atoms with van der Waals surface area (Å²) in [6.45, 7) is 10.6. The summed E-state index contributed by atoms with van der Waals surface area (Å²) in [6, 6.07) is 8.13. The summed E-state index contributed by atoms with van der Waals surface area (Å²) in [6.07, 6.45) is 0. The number of benzene rings is 1. The summed E-state index contributed by atoms with van der Waals surface area (Å²) >= 11 is 0. The summed E-state index contributed by atoms with van der Waals surface area (Å²) in [7, 11) is 1.74. The van der Waals surface area contributed by atoms with E-state index in [-0.39, 0.29) is 17.2 Å². The fraction of sp³-hybridized carbons (Fsp3) is 0.500. The average molecular weight is 315 g/mol. The molecule has 0 N–H and O–H groups in total. The molecule has 0 unspecified atom stereocenters. The molecule has 0 saturated heterocycles. The maximum atomic E-state index is 11.9. The van der Waals surface area contributed by atoms with Crippen LogP contribution < -0.4 is 0 Å². The zero-order valence-electron chi connectivity index (χ0n) is 14.8. The van der Waals surface area contributed by atoms with E-state index in [4.69, 9.17) is 4.42 Å². The minimum Gasteiger partial charge on any atom is -0.419 e. The number of hydrogen-bond acceptors (Lipinski definition) is 4.